The first-order chi connectivity index (χ1) is 11.3. The lowest BCUT2D eigenvalue weighted by molar-refractivity contribution is -0.217. The lowest BCUT2D eigenvalue weighted by Gasteiger charge is -2.52. The molecule has 1 fully saturated rings. The maximum atomic E-state index is 11.5. The van der Waals surface area contributed by atoms with Crippen molar-refractivity contribution in [3.63, 3.8) is 0 Å². The average Bonchev–Trinajstić information content (AvgIpc) is 2.56. The molecular formula is C19H26O5. The standard InChI is InChI=1S/C19H26O5/c1-14(13-24-15(2)21)11-18(22)10-6-9-17(12-20)19(18,23)16-7-4-3-5-8-16/h3-5,7-8,17,20,22-23H,1,6,9-13H2,2H3/t17-,18-,19+/m0/s1. The zero-order valence-corrected chi connectivity index (χ0v) is 14.1. The smallest absolute Gasteiger partial charge is 0.302 e. The first-order valence-corrected chi connectivity index (χ1v) is 8.24. The summed E-state index contributed by atoms with van der Waals surface area (Å²) < 4.78 is 4.94. The molecule has 1 aliphatic carbocycles. The van der Waals surface area contributed by atoms with Gasteiger partial charge in [0.25, 0.3) is 0 Å². The molecule has 2 rings (SSSR count). The van der Waals surface area contributed by atoms with E-state index < -0.39 is 23.1 Å². The maximum Gasteiger partial charge on any atom is 0.302 e. The van der Waals surface area contributed by atoms with Crippen LogP contribution in [0, 0.1) is 5.92 Å². The highest BCUT2D eigenvalue weighted by atomic mass is 16.5. The predicted molar refractivity (Wildman–Crippen MR) is 90.1 cm³/mol. The van der Waals surface area contributed by atoms with Crippen LogP contribution in [0.15, 0.2) is 42.5 Å². The SMILES string of the molecule is C=C(COC(C)=O)C[C@@]1(O)CCC[C@@H](CO)[C@]1(O)c1ccccc1. The number of carbonyl (C=O) groups is 1. The quantitative estimate of drug-likeness (QED) is 0.546. The number of ether oxygens (including phenoxy) is 1. The first-order valence-electron chi connectivity index (χ1n) is 8.24. The number of hydrogen-bond acceptors (Lipinski definition) is 5. The van der Waals surface area contributed by atoms with Crippen molar-refractivity contribution < 1.29 is 24.9 Å². The summed E-state index contributed by atoms with van der Waals surface area (Å²) >= 11 is 0. The van der Waals surface area contributed by atoms with Crippen LogP contribution < -0.4 is 0 Å². The molecule has 0 radical (unpaired) electrons. The molecular weight excluding hydrogens is 308 g/mol. The molecule has 1 saturated carbocycles. The van der Waals surface area contributed by atoms with Crippen molar-refractivity contribution in [3.8, 4) is 0 Å². The minimum atomic E-state index is -1.58. The first kappa shape index (κ1) is 18.6. The van der Waals surface area contributed by atoms with Gasteiger partial charge in [-0.15, -0.1) is 0 Å². The lowest BCUT2D eigenvalue weighted by Crippen LogP contribution is -2.59. The molecule has 0 amide bonds. The molecule has 0 heterocycles. The lowest BCUT2D eigenvalue weighted by atomic mass is 9.61. The van der Waals surface area contributed by atoms with Crippen LogP contribution in [-0.4, -0.2) is 40.1 Å². The van der Waals surface area contributed by atoms with Gasteiger partial charge in [0.1, 0.15) is 17.8 Å². The Kier molecular flexibility index (Phi) is 5.80. The van der Waals surface area contributed by atoms with Crippen molar-refractivity contribution in [3.05, 3.63) is 48.0 Å². The van der Waals surface area contributed by atoms with Crippen molar-refractivity contribution in [2.75, 3.05) is 13.2 Å². The predicted octanol–water partition coefficient (Wildman–Crippen LogP) is 1.91. The fourth-order valence-electron chi connectivity index (χ4n) is 3.73. The molecule has 132 valence electrons. The second-order valence-electron chi connectivity index (χ2n) is 6.64. The Bertz CT molecular complexity index is 585. The van der Waals surface area contributed by atoms with Crippen LogP contribution in [0.5, 0.6) is 0 Å². The molecule has 1 aromatic carbocycles. The zero-order chi connectivity index (χ0) is 17.8. The minimum Gasteiger partial charge on any atom is -0.461 e. The number of esters is 1. The van der Waals surface area contributed by atoms with Crippen molar-refractivity contribution >= 4 is 5.97 Å². The van der Waals surface area contributed by atoms with Crippen LogP contribution in [0.1, 0.15) is 38.2 Å². The van der Waals surface area contributed by atoms with Crippen molar-refractivity contribution in [2.24, 2.45) is 5.92 Å². The van der Waals surface area contributed by atoms with E-state index in [1.54, 1.807) is 24.3 Å². The third kappa shape index (κ3) is 3.53. The number of carbonyl (C=O) groups excluding carboxylic acids is 1. The third-order valence-electron chi connectivity index (χ3n) is 4.90. The van der Waals surface area contributed by atoms with Gasteiger partial charge in [-0.25, -0.2) is 0 Å². The summed E-state index contributed by atoms with van der Waals surface area (Å²) in [5.41, 5.74) is -1.95. The van der Waals surface area contributed by atoms with E-state index in [9.17, 15) is 20.1 Å². The normalized spacial score (nSPS) is 29.9. The van der Waals surface area contributed by atoms with Gasteiger partial charge in [0.15, 0.2) is 0 Å². The van der Waals surface area contributed by atoms with Gasteiger partial charge >= 0.3 is 5.97 Å². The van der Waals surface area contributed by atoms with E-state index >= 15 is 0 Å². The van der Waals surface area contributed by atoms with Gasteiger partial charge in [-0.2, -0.15) is 0 Å². The average molecular weight is 334 g/mol. The van der Waals surface area contributed by atoms with Crippen LogP contribution in [0.3, 0.4) is 0 Å². The molecule has 24 heavy (non-hydrogen) atoms. The largest absolute Gasteiger partial charge is 0.461 e. The van der Waals surface area contributed by atoms with E-state index in [2.05, 4.69) is 6.58 Å². The molecule has 5 nitrogen and oxygen atoms in total. The highest BCUT2D eigenvalue weighted by Crippen LogP contribution is 2.50. The molecule has 3 N–H and O–H groups in total. The van der Waals surface area contributed by atoms with Crippen LogP contribution in [0.25, 0.3) is 0 Å². The van der Waals surface area contributed by atoms with Gasteiger partial charge in [0, 0.05) is 25.9 Å². The summed E-state index contributed by atoms with van der Waals surface area (Å²) in [6, 6.07) is 8.94. The monoisotopic (exact) mass is 334 g/mol. The summed E-state index contributed by atoms with van der Waals surface area (Å²) in [4.78, 5) is 11.0. The van der Waals surface area contributed by atoms with E-state index in [1.165, 1.54) is 6.92 Å². The molecule has 5 heteroatoms. The van der Waals surface area contributed by atoms with Gasteiger partial charge in [-0.05, 0) is 30.4 Å². The van der Waals surface area contributed by atoms with Crippen molar-refractivity contribution in [1.82, 2.24) is 0 Å². The van der Waals surface area contributed by atoms with E-state index in [0.717, 1.165) is 0 Å². The van der Waals surface area contributed by atoms with Crippen molar-refractivity contribution in [2.45, 2.75) is 43.8 Å². The molecule has 1 aliphatic rings. The van der Waals surface area contributed by atoms with Crippen LogP contribution in [0.2, 0.25) is 0 Å². The van der Waals surface area contributed by atoms with Gasteiger partial charge in [0.2, 0.25) is 0 Å². The third-order valence-corrected chi connectivity index (χ3v) is 4.90. The number of rotatable bonds is 6. The highest BCUT2D eigenvalue weighted by Gasteiger charge is 2.56. The summed E-state index contributed by atoms with van der Waals surface area (Å²) in [6.45, 7) is 4.96. The molecule has 0 spiro atoms. The van der Waals surface area contributed by atoms with Crippen LogP contribution in [0.4, 0.5) is 0 Å². The Morgan fingerprint density at radius 2 is 2.00 bits per heavy atom. The molecule has 0 unspecified atom stereocenters. The summed E-state index contributed by atoms with van der Waals surface area (Å²) in [5.74, 6) is -0.890. The summed E-state index contributed by atoms with van der Waals surface area (Å²) in [7, 11) is 0. The Balaban J connectivity index is 2.33. The van der Waals surface area contributed by atoms with E-state index in [1.807, 2.05) is 6.07 Å². The second kappa shape index (κ2) is 7.47. The second-order valence-corrected chi connectivity index (χ2v) is 6.64. The number of hydrogen-bond donors (Lipinski definition) is 3. The minimum absolute atomic E-state index is 0.00625. The molecule has 0 bridgehead atoms. The fraction of sp³-hybridized carbons (Fsp3) is 0.526. The molecule has 0 aromatic heterocycles. The van der Waals surface area contributed by atoms with Crippen LogP contribution in [-0.2, 0) is 15.1 Å². The molecule has 1 aromatic rings. The summed E-state index contributed by atoms with van der Waals surface area (Å²) in [5, 5.41) is 32.6. The van der Waals surface area contributed by atoms with E-state index in [-0.39, 0.29) is 19.6 Å². The van der Waals surface area contributed by atoms with Crippen LogP contribution >= 0.6 is 0 Å². The number of aliphatic hydroxyl groups is 3. The molecule has 0 saturated heterocycles. The van der Waals surface area contributed by atoms with Gasteiger partial charge in [-0.3, -0.25) is 4.79 Å². The summed E-state index contributed by atoms with van der Waals surface area (Å²) in [6.07, 6.45) is 1.80. The number of aliphatic hydroxyl groups excluding tert-OH is 1. The topological polar surface area (TPSA) is 87.0 Å². The van der Waals surface area contributed by atoms with Gasteiger partial charge < -0.3 is 20.1 Å². The molecule has 3 atom stereocenters. The van der Waals surface area contributed by atoms with Gasteiger partial charge in [0.05, 0.1) is 0 Å². The Morgan fingerprint density at radius 3 is 2.58 bits per heavy atom. The van der Waals surface area contributed by atoms with E-state index in [4.69, 9.17) is 4.74 Å². The Morgan fingerprint density at radius 1 is 1.33 bits per heavy atom. The maximum absolute atomic E-state index is 11.5. The Labute approximate surface area is 142 Å². The number of benzene rings is 1. The van der Waals surface area contributed by atoms with E-state index in [0.29, 0.717) is 30.4 Å². The highest BCUT2D eigenvalue weighted by molar-refractivity contribution is 5.66. The fourth-order valence-corrected chi connectivity index (χ4v) is 3.73. The van der Waals surface area contributed by atoms with Crippen molar-refractivity contribution in [1.29, 1.82) is 0 Å². The van der Waals surface area contributed by atoms with Gasteiger partial charge in [-0.1, -0.05) is 36.9 Å². The zero-order valence-electron chi connectivity index (χ0n) is 14.1. The molecule has 0 aliphatic heterocycles. The Hall–Kier alpha value is -1.69.